The molecule has 0 spiro atoms. The van der Waals surface area contributed by atoms with E-state index in [1.54, 1.807) is 29.2 Å². The van der Waals surface area contributed by atoms with Gasteiger partial charge >= 0.3 is 0 Å². The predicted octanol–water partition coefficient (Wildman–Crippen LogP) is 3.20. The minimum atomic E-state index is -0.650. The van der Waals surface area contributed by atoms with E-state index in [9.17, 15) is 14.7 Å². The van der Waals surface area contributed by atoms with E-state index >= 15 is 0 Å². The second-order valence-corrected chi connectivity index (χ2v) is 8.28. The highest BCUT2D eigenvalue weighted by molar-refractivity contribution is 9.10. The molecule has 2 aromatic rings. The van der Waals surface area contributed by atoms with Gasteiger partial charge in [0.05, 0.1) is 24.8 Å². The molecule has 0 unspecified atom stereocenters. The molecule has 2 heterocycles. The summed E-state index contributed by atoms with van der Waals surface area (Å²) in [6.07, 6.45) is 0. The second-order valence-electron chi connectivity index (χ2n) is 7.37. The first-order valence-electron chi connectivity index (χ1n) is 9.95. The molecular weight excluding hydrogens is 448 g/mol. The maximum Gasteiger partial charge on any atom is 0.295 e. The number of ketones is 1. The third-order valence-corrected chi connectivity index (χ3v) is 6.01. The summed E-state index contributed by atoms with van der Waals surface area (Å²) in [6, 6.07) is 15.8. The lowest BCUT2D eigenvalue weighted by Crippen LogP contribution is -2.42. The number of amides is 1. The van der Waals surface area contributed by atoms with Gasteiger partial charge in [-0.05, 0) is 17.7 Å². The van der Waals surface area contributed by atoms with Gasteiger partial charge in [-0.2, -0.15) is 0 Å². The molecule has 30 heavy (non-hydrogen) atoms. The van der Waals surface area contributed by atoms with E-state index < -0.39 is 17.7 Å². The Labute approximate surface area is 183 Å². The van der Waals surface area contributed by atoms with E-state index in [0.29, 0.717) is 31.9 Å². The van der Waals surface area contributed by atoms with Crippen molar-refractivity contribution in [2.75, 3.05) is 39.4 Å². The Balaban J connectivity index is 1.73. The van der Waals surface area contributed by atoms with E-state index in [0.717, 1.165) is 23.1 Å². The van der Waals surface area contributed by atoms with Crippen molar-refractivity contribution in [3.8, 4) is 0 Å². The molecule has 4 rings (SSSR count). The standard InChI is InChI=1S/C23H23BrN2O4/c24-18-8-4-7-17(15-18)20-19(21(27)16-5-2-1-3-6-16)22(28)23(29)26(20)10-9-25-11-13-30-14-12-25/h1-8,15,20,27H,9-14H2/b21-19+/t20-/m1/s1. The van der Waals surface area contributed by atoms with Crippen molar-refractivity contribution in [1.29, 1.82) is 0 Å². The van der Waals surface area contributed by atoms with E-state index in [1.165, 1.54) is 0 Å². The number of halogens is 1. The lowest BCUT2D eigenvalue weighted by molar-refractivity contribution is -0.140. The van der Waals surface area contributed by atoms with Crippen LogP contribution >= 0.6 is 15.9 Å². The summed E-state index contributed by atoms with van der Waals surface area (Å²) in [5, 5.41) is 11.0. The van der Waals surface area contributed by atoms with E-state index in [4.69, 9.17) is 4.74 Å². The van der Waals surface area contributed by atoms with E-state index in [1.807, 2.05) is 30.3 Å². The summed E-state index contributed by atoms with van der Waals surface area (Å²) >= 11 is 3.47. The Kier molecular flexibility index (Phi) is 6.32. The van der Waals surface area contributed by atoms with Crippen molar-refractivity contribution in [3.63, 3.8) is 0 Å². The van der Waals surface area contributed by atoms with Gasteiger partial charge < -0.3 is 14.7 Å². The molecule has 0 saturated carbocycles. The van der Waals surface area contributed by atoms with Crippen LogP contribution in [0.2, 0.25) is 0 Å². The summed E-state index contributed by atoms with van der Waals surface area (Å²) in [7, 11) is 0. The van der Waals surface area contributed by atoms with Gasteiger partial charge in [0.15, 0.2) is 0 Å². The zero-order valence-electron chi connectivity index (χ0n) is 16.5. The third-order valence-electron chi connectivity index (χ3n) is 5.51. The molecular formula is C23H23BrN2O4. The molecule has 0 aromatic heterocycles. The zero-order chi connectivity index (χ0) is 21.1. The van der Waals surface area contributed by atoms with Gasteiger partial charge in [0.25, 0.3) is 11.7 Å². The van der Waals surface area contributed by atoms with Gasteiger partial charge in [-0.15, -0.1) is 0 Å². The zero-order valence-corrected chi connectivity index (χ0v) is 18.0. The van der Waals surface area contributed by atoms with Crippen molar-refractivity contribution in [2.24, 2.45) is 0 Å². The van der Waals surface area contributed by atoms with Crippen molar-refractivity contribution in [2.45, 2.75) is 6.04 Å². The Morgan fingerprint density at radius 2 is 1.77 bits per heavy atom. The van der Waals surface area contributed by atoms with Crippen LogP contribution in [0, 0.1) is 0 Å². The number of hydrogen-bond donors (Lipinski definition) is 1. The van der Waals surface area contributed by atoms with Gasteiger partial charge in [-0.1, -0.05) is 58.4 Å². The smallest absolute Gasteiger partial charge is 0.295 e. The molecule has 6 nitrogen and oxygen atoms in total. The fourth-order valence-corrected chi connectivity index (χ4v) is 4.38. The molecule has 0 aliphatic carbocycles. The third kappa shape index (κ3) is 4.19. The largest absolute Gasteiger partial charge is 0.507 e. The lowest BCUT2D eigenvalue weighted by Gasteiger charge is -2.31. The summed E-state index contributed by atoms with van der Waals surface area (Å²) in [4.78, 5) is 29.8. The van der Waals surface area contributed by atoms with Crippen LogP contribution in [0.3, 0.4) is 0 Å². The van der Waals surface area contributed by atoms with Crippen LogP contribution in [0.25, 0.3) is 5.76 Å². The average Bonchev–Trinajstić information content (AvgIpc) is 3.03. The lowest BCUT2D eigenvalue weighted by atomic mass is 9.95. The molecule has 1 atom stereocenters. The van der Waals surface area contributed by atoms with Crippen molar-refractivity contribution < 1.29 is 19.4 Å². The second kappa shape index (κ2) is 9.12. The van der Waals surface area contributed by atoms with Crippen LogP contribution in [-0.4, -0.2) is 66.0 Å². The van der Waals surface area contributed by atoms with E-state index in [2.05, 4.69) is 20.8 Å². The number of rotatable bonds is 5. The van der Waals surface area contributed by atoms with Gasteiger partial charge in [0, 0.05) is 36.2 Å². The predicted molar refractivity (Wildman–Crippen MR) is 117 cm³/mol. The minimum absolute atomic E-state index is 0.131. The quantitative estimate of drug-likeness (QED) is 0.412. The number of hydrogen-bond acceptors (Lipinski definition) is 5. The van der Waals surface area contributed by atoms with Crippen LogP contribution in [0.15, 0.2) is 64.6 Å². The highest BCUT2D eigenvalue weighted by Crippen LogP contribution is 2.39. The monoisotopic (exact) mass is 470 g/mol. The number of carbonyl (C=O) groups is 2. The van der Waals surface area contributed by atoms with Gasteiger partial charge in [-0.25, -0.2) is 0 Å². The summed E-state index contributed by atoms with van der Waals surface area (Å²) in [5.74, 6) is -1.37. The minimum Gasteiger partial charge on any atom is -0.507 e. The molecule has 0 bridgehead atoms. The summed E-state index contributed by atoms with van der Waals surface area (Å²) in [6.45, 7) is 3.98. The number of aliphatic hydroxyl groups is 1. The molecule has 0 radical (unpaired) electrons. The van der Waals surface area contributed by atoms with E-state index in [-0.39, 0.29) is 11.3 Å². The number of likely N-dealkylation sites (tertiary alicyclic amines) is 1. The number of benzene rings is 2. The normalized spacial score (nSPS) is 21.9. The summed E-state index contributed by atoms with van der Waals surface area (Å²) in [5.41, 5.74) is 1.43. The number of carbonyl (C=O) groups excluding carboxylic acids is 2. The molecule has 7 heteroatoms. The Bertz CT molecular complexity index is 970. The Hall–Kier alpha value is -2.48. The number of aliphatic hydroxyl groups excluding tert-OH is 1. The number of ether oxygens (including phenoxy) is 1. The first-order chi connectivity index (χ1) is 14.6. The fraction of sp³-hybridized carbons (Fsp3) is 0.304. The van der Waals surface area contributed by atoms with Crippen molar-refractivity contribution >= 4 is 33.4 Å². The maximum atomic E-state index is 13.0. The number of nitrogens with zero attached hydrogens (tertiary/aromatic N) is 2. The van der Waals surface area contributed by atoms with Gasteiger partial charge in [0.1, 0.15) is 5.76 Å². The van der Waals surface area contributed by atoms with Gasteiger partial charge in [-0.3, -0.25) is 14.5 Å². The highest BCUT2D eigenvalue weighted by atomic mass is 79.9. The molecule has 2 aromatic carbocycles. The highest BCUT2D eigenvalue weighted by Gasteiger charge is 2.46. The van der Waals surface area contributed by atoms with Crippen molar-refractivity contribution in [1.82, 2.24) is 9.80 Å². The topological polar surface area (TPSA) is 70.1 Å². The van der Waals surface area contributed by atoms with Crippen LogP contribution in [0.1, 0.15) is 17.2 Å². The SMILES string of the molecule is O=C1C(=O)N(CCN2CCOCC2)[C@H](c2cccc(Br)c2)/C1=C(\O)c1ccccc1. The molecule has 2 aliphatic rings. The first kappa shape index (κ1) is 20.8. The molecule has 156 valence electrons. The van der Waals surface area contributed by atoms with Crippen LogP contribution in [-0.2, 0) is 14.3 Å². The van der Waals surface area contributed by atoms with Gasteiger partial charge in [0.2, 0.25) is 0 Å². The average molecular weight is 471 g/mol. The Morgan fingerprint density at radius 1 is 1.03 bits per heavy atom. The molecule has 1 N–H and O–H groups in total. The van der Waals surface area contributed by atoms with Crippen LogP contribution in [0.4, 0.5) is 0 Å². The first-order valence-corrected chi connectivity index (χ1v) is 10.7. The fourth-order valence-electron chi connectivity index (χ4n) is 3.96. The van der Waals surface area contributed by atoms with Crippen LogP contribution in [0.5, 0.6) is 0 Å². The molecule has 2 saturated heterocycles. The molecule has 1 amide bonds. The molecule has 2 fully saturated rings. The van der Waals surface area contributed by atoms with Crippen molar-refractivity contribution in [3.05, 3.63) is 75.8 Å². The maximum absolute atomic E-state index is 13.0. The Morgan fingerprint density at radius 3 is 2.47 bits per heavy atom. The number of morpholine rings is 1. The van der Waals surface area contributed by atoms with Crippen LogP contribution < -0.4 is 0 Å². The number of Topliss-reactive ketones (excluding diaryl/α,β-unsaturated/α-hetero) is 1. The summed E-state index contributed by atoms with van der Waals surface area (Å²) < 4.78 is 6.23. The molecule has 2 aliphatic heterocycles.